The summed E-state index contributed by atoms with van der Waals surface area (Å²) in [6.45, 7) is 3.70. The van der Waals surface area contributed by atoms with E-state index in [4.69, 9.17) is 9.84 Å². The second kappa shape index (κ2) is 10.1. The third-order valence-corrected chi connectivity index (χ3v) is 5.73. The summed E-state index contributed by atoms with van der Waals surface area (Å²) in [7, 11) is 0. The van der Waals surface area contributed by atoms with Gasteiger partial charge in [-0.1, -0.05) is 62.4 Å². The number of carbonyl (C=O) groups excluding carboxylic acids is 2. The zero-order valence-electron chi connectivity index (χ0n) is 17.8. The molecule has 3 N–H and O–H groups in total. The molecule has 0 spiro atoms. The smallest absolute Gasteiger partial charge is 0.407 e. The number of carboxylic acids is 1. The highest BCUT2D eigenvalue weighted by atomic mass is 16.5. The number of hydrogen-bond donors (Lipinski definition) is 3. The molecular formula is C24H28N2O5. The van der Waals surface area contributed by atoms with Crippen LogP contribution in [0.3, 0.4) is 0 Å². The van der Waals surface area contributed by atoms with Crippen LogP contribution in [0.15, 0.2) is 48.5 Å². The summed E-state index contributed by atoms with van der Waals surface area (Å²) >= 11 is 0. The molecule has 0 radical (unpaired) electrons. The Balaban J connectivity index is 1.58. The summed E-state index contributed by atoms with van der Waals surface area (Å²) in [6, 6.07) is 15.3. The molecule has 0 saturated heterocycles. The first-order valence-corrected chi connectivity index (χ1v) is 10.6. The molecule has 2 amide bonds. The summed E-state index contributed by atoms with van der Waals surface area (Å²) in [5.74, 6) is -2.10. The minimum Gasteiger partial charge on any atom is -0.481 e. The first-order chi connectivity index (χ1) is 15.0. The van der Waals surface area contributed by atoms with E-state index in [-0.39, 0.29) is 19.1 Å². The van der Waals surface area contributed by atoms with Crippen LogP contribution in [-0.4, -0.2) is 42.3 Å². The standard InChI is InChI=1S/C24H28N2O5/c1-3-15(23(28)29)13-25-22(27)21(4-2)26-24(30)31-14-20-18-11-7-5-9-16(18)17-10-6-8-12-19(17)20/h5-12,15,20-21H,3-4,13-14H2,1-2H3,(H,25,27)(H,26,30)(H,28,29)/t15?,21-/m0/s1. The van der Waals surface area contributed by atoms with E-state index >= 15 is 0 Å². The highest BCUT2D eigenvalue weighted by Crippen LogP contribution is 2.44. The number of carbonyl (C=O) groups is 3. The Morgan fingerprint density at radius 2 is 1.55 bits per heavy atom. The summed E-state index contributed by atoms with van der Waals surface area (Å²) < 4.78 is 5.48. The quantitative estimate of drug-likeness (QED) is 0.571. The Morgan fingerprint density at radius 1 is 0.968 bits per heavy atom. The van der Waals surface area contributed by atoms with Crippen LogP contribution in [0.2, 0.25) is 0 Å². The van der Waals surface area contributed by atoms with Gasteiger partial charge < -0.3 is 20.5 Å². The van der Waals surface area contributed by atoms with Gasteiger partial charge in [0.1, 0.15) is 12.6 Å². The van der Waals surface area contributed by atoms with E-state index in [1.54, 1.807) is 13.8 Å². The van der Waals surface area contributed by atoms with Crippen LogP contribution < -0.4 is 10.6 Å². The van der Waals surface area contributed by atoms with E-state index in [0.717, 1.165) is 22.3 Å². The third-order valence-electron chi connectivity index (χ3n) is 5.73. The van der Waals surface area contributed by atoms with Gasteiger partial charge in [-0.15, -0.1) is 0 Å². The fourth-order valence-corrected chi connectivity index (χ4v) is 3.89. The SMILES string of the molecule is CCC(CNC(=O)[C@H](CC)NC(=O)OCC1c2ccccc2-c2ccccc21)C(=O)O. The molecule has 7 nitrogen and oxygen atoms in total. The molecule has 0 saturated carbocycles. The Hall–Kier alpha value is -3.35. The molecule has 0 bridgehead atoms. The Bertz CT molecular complexity index is 913. The lowest BCUT2D eigenvalue weighted by molar-refractivity contribution is -0.141. The minimum absolute atomic E-state index is 0.0214. The minimum atomic E-state index is -0.958. The van der Waals surface area contributed by atoms with Crippen LogP contribution in [0.5, 0.6) is 0 Å². The van der Waals surface area contributed by atoms with Gasteiger partial charge in [0.15, 0.2) is 0 Å². The number of aliphatic carboxylic acids is 1. The molecule has 1 unspecified atom stereocenters. The molecule has 31 heavy (non-hydrogen) atoms. The van der Waals surface area contributed by atoms with Gasteiger partial charge in [0.25, 0.3) is 0 Å². The molecular weight excluding hydrogens is 396 g/mol. The predicted molar refractivity (Wildman–Crippen MR) is 117 cm³/mol. The average molecular weight is 424 g/mol. The molecule has 2 aromatic rings. The number of rotatable bonds is 9. The number of ether oxygens (including phenoxy) is 1. The van der Waals surface area contributed by atoms with Crippen molar-refractivity contribution in [2.24, 2.45) is 5.92 Å². The van der Waals surface area contributed by atoms with E-state index in [9.17, 15) is 14.4 Å². The first-order valence-electron chi connectivity index (χ1n) is 10.6. The molecule has 0 aliphatic heterocycles. The van der Waals surface area contributed by atoms with Crippen LogP contribution in [0.1, 0.15) is 43.7 Å². The second-order valence-electron chi connectivity index (χ2n) is 7.62. The van der Waals surface area contributed by atoms with Crippen molar-refractivity contribution in [1.82, 2.24) is 10.6 Å². The van der Waals surface area contributed by atoms with Crippen molar-refractivity contribution in [3.8, 4) is 11.1 Å². The second-order valence-corrected chi connectivity index (χ2v) is 7.62. The molecule has 0 fully saturated rings. The van der Waals surface area contributed by atoms with Crippen molar-refractivity contribution in [2.45, 2.75) is 38.6 Å². The summed E-state index contributed by atoms with van der Waals surface area (Å²) in [5.41, 5.74) is 4.50. The lowest BCUT2D eigenvalue weighted by Gasteiger charge is -2.19. The molecule has 2 aromatic carbocycles. The van der Waals surface area contributed by atoms with Crippen molar-refractivity contribution in [3.05, 3.63) is 59.7 Å². The van der Waals surface area contributed by atoms with E-state index in [2.05, 4.69) is 22.8 Å². The molecule has 1 aliphatic rings. The molecule has 0 aromatic heterocycles. The number of hydrogen-bond acceptors (Lipinski definition) is 4. The van der Waals surface area contributed by atoms with Gasteiger partial charge >= 0.3 is 12.1 Å². The van der Waals surface area contributed by atoms with E-state index < -0.39 is 29.9 Å². The molecule has 1 aliphatic carbocycles. The monoisotopic (exact) mass is 424 g/mol. The maximum atomic E-state index is 12.4. The summed E-state index contributed by atoms with van der Waals surface area (Å²) in [6.07, 6.45) is 0.0979. The topological polar surface area (TPSA) is 105 Å². The van der Waals surface area contributed by atoms with Gasteiger partial charge in [0.2, 0.25) is 5.91 Å². The van der Waals surface area contributed by atoms with Gasteiger partial charge in [0, 0.05) is 12.5 Å². The lowest BCUT2D eigenvalue weighted by Crippen LogP contribution is -2.48. The zero-order valence-corrected chi connectivity index (χ0v) is 17.8. The summed E-state index contributed by atoms with van der Waals surface area (Å²) in [4.78, 5) is 35.9. The number of benzene rings is 2. The Morgan fingerprint density at radius 3 is 2.06 bits per heavy atom. The van der Waals surface area contributed by atoms with E-state index in [0.29, 0.717) is 12.8 Å². The van der Waals surface area contributed by atoms with E-state index in [1.165, 1.54) is 0 Å². The van der Waals surface area contributed by atoms with Gasteiger partial charge in [-0.25, -0.2) is 4.79 Å². The third kappa shape index (κ3) is 5.05. The van der Waals surface area contributed by atoms with Crippen molar-refractivity contribution in [3.63, 3.8) is 0 Å². The van der Waals surface area contributed by atoms with Gasteiger partial charge in [-0.05, 0) is 35.1 Å². The first kappa shape index (κ1) is 22.3. The van der Waals surface area contributed by atoms with Crippen molar-refractivity contribution in [1.29, 1.82) is 0 Å². The number of alkyl carbamates (subject to hydrolysis) is 1. The summed E-state index contributed by atoms with van der Waals surface area (Å²) in [5, 5.41) is 14.3. The lowest BCUT2D eigenvalue weighted by atomic mass is 9.98. The molecule has 3 rings (SSSR count). The fraction of sp³-hybridized carbons (Fsp3) is 0.375. The maximum Gasteiger partial charge on any atom is 0.407 e. The van der Waals surface area contributed by atoms with Gasteiger partial charge in [-0.3, -0.25) is 9.59 Å². The normalized spacial score (nSPS) is 14.1. The molecule has 0 heterocycles. The Kier molecular flexibility index (Phi) is 7.28. The van der Waals surface area contributed by atoms with Gasteiger partial charge in [-0.2, -0.15) is 0 Å². The van der Waals surface area contributed by atoms with Crippen LogP contribution >= 0.6 is 0 Å². The molecule has 2 atom stereocenters. The van der Waals surface area contributed by atoms with Crippen molar-refractivity contribution < 1.29 is 24.2 Å². The Labute approximate surface area is 181 Å². The fourth-order valence-electron chi connectivity index (χ4n) is 3.89. The number of fused-ring (bicyclic) bond motifs is 3. The van der Waals surface area contributed by atoms with Crippen LogP contribution in [0.25, 0.3) is 11.1 Å². The van der Waals surface area contributed by atoms with Crippen LogP contribution in [0.4, 0.5) is 4.79 Å². The highest BCUT2D eigenvalue weighted by molar-refractivity contribution is 5.86. The zero-order chi connectivity index (χ0) is 22.4. The van der Waals surface area contributed by atoms with E-state index in [1.807, 2.05) is 36.4 Å². The number of carboxylic acid groups (broad SMARTS) is 1. The number of nitrogens with one attached hydrogen (secondary N) is 2. The van der Waals surface area contributed by atoms with Crippen molar-refractivity contribution in [2.75, 3.05) is 13.2 Å². The highest BCUT2D eigenvalue weighted by Gasteiger charge is 2.29. The average Bonchev–Trinajstić information content (AvgIpc) is 3.10. The van der Waals surface area contributed by atoms with Crippen molar-refractivity contribution >= 4 is 18.0 Å². The van der Waals surface area contributed by atoms with Gasteiger partial charge in [0.05, 0.1) is 5.92 Å². The van der Waals surface area contributed by atoms with Crippen LogP contribution in [-0.2, 0) is 14.3 Å². The number of amides is 2. The van der Waals surface area contributed by atoms with Crippen LogP contribution in [0, 0.1) is 5.92 Å². The molecule has 164 valence electrons. The largest absolute Gasteiger partial charge is 0.481 e. The maximum absolute atomic E-state index is 12.4. The predicted octanol–water partition coefficient (Wildman–Crippen LogP) is 3.53. The molecule has 7 heteroatoms.